The molecule has 3 aromatic rings. The molecule has 0 atom stereocenters. The fourth-order valence-electron chi connectivity index (χ4n) is 2.81. The number of aromatic amines is 1. The van der Waals surface area contributed by atoms with Crippen molar-refractivity contribution in [2.45, 2.75) is 13.8 Å². The molecule has 0 amide bonds. The third kappa shape index (κ3) is 2.42. The van der Waals surface area contributed by atoms with E-state index in [2.05, 4.69) is 40.9 Å². The number of para-hydroxylation sites is 1. The number of aromatic hydroxyl groups is 1. The zero-order valence-corrected chi connectivity index (χ0v) is 13.5. The Labute approximate surface area is 140 Å². The summed E-state index contributed by atoms with van der Waals surface area (Å²) in [5, 5.41) is 10.2. The Kier molecular flexibility index (Phi) is 3.31. The van der Waals surface area contributed by atoms with Crippen LogP contribution in [0.2, 0.25) is 0 Å². The van der Waals surface area contributed by atoms with Crippen LogP contribution in [0.25, 0.3) is 23.0 Å². The fraction of sp³-hybridized carbons (Fsp3) is 0.100. The van der Waals surface area contributed by atoms with Crippen LogP contribution in [0, 0.1) is 13.8 Å². The maximum absolute atomic E-state index is 10.2. The number of aliphatic imine (C=N–C) groups is 1. The van der Waals surface area contributed by atoms with Crippen LogP contribution in [0.4, 0.5) is 5.69 Å². The summed E-state index contributed by atoms with van der Waals surface area (Å²) in [6, 6.07) is 14.1. The van der Waals surface area contributed by atoms with Crippen molar-refractivity contribution in [2.75, 3.05) is 0 Å². The van der Waals surface area contributed by atoms with Crippen LogP contribution in [-0.4, -0.2) is 21.3 Å². The predicted octanol–water partition coefficient (Wildman–Crippen LogP) is 4.66. The number of rotatable bonds is 2. The van der Waals surface area contributed by atoms with Gasteiger partial charge in [-0.1, -0.05) is 30.3 Å². The zero-order valence-electron chi connectivity index (χ0n) is 13.5. The van der Waals surface area contributed by atoms with Gasteiger partial charge in [0.15, 0.2) is 0 Å². The number of hydrogen-bond donors (Lipinski definition) is 2. The third-order valence-corrected chi connectivity index (χ3v) is 4.35. The van der Waals surface area contributed by atoms with Gasteiger partial charge in [-0.05, 0) is 43.2 Å². The van der Waals surface area contributed by atoms with Gasteiger partial charge in [0.1, 0.15) is 11.5 Å². The van der Waals surface area contributed by atoms with Gasteiger partial charge in [0.2, 0.25) is 5.88 Å². The largest absolute Gasteiger partial charge is 0.492 e. The van der Waals surface area contributed by atoms with Gasteiger partial charge in [0, 0.05) is 22.9 Å². The van der Waals surface area contributed by atoms with Crippen molar-refractivity contribution < 1.29 is 5.11 Å². The molecule has 4 heteroatoms. The van der Waals surface area contributed by atoms with Crippen molar-refractivity contribution in [2.24, 2.45) is 4.99 Å². The molecule has 0 bridgehead atoms. The summed E-state index contributed by atoms with van der Waals surface area (Å²) in [5.74, 6) is 0.652. The molecule has 4 rings (SSSR count). The highest BCUT2D eigenvalue weighted by Gasteiger charge is 2.14. The van der Waals surface area contributed by atoms with Crippen LogP contribution in [-0.2, 0) is 0 Å². The van der Waals surface area contributed by atoms with Crippen molar-refractivity contribution in [3.05, 3.63) is 64.8 Å². The van der Waals surface area contributed by atoms with E-state index >= 15 is 0 Å². The number of H-pyrrole nitrogens is 1. The second kappa shape index (κ2) is 5.49. The molecule has 0 saturated carbocycles. The highest BCUT2D eigenvalue weighted by Crippen LogP contribution is 2.33. The van der Waals surface area contributed by atoms with E-state index in [9.17, 15) is 5.11 Å². The number of fused-ring (bicyclic) bond motifs is 1. The number of imidazole rings is 1. The predicted molar refractivity (Wildman–Crippen MR) is 97.6 cm³/mol. The highest BCUT2D eigenvalue weighted by atomic mass is 16.3. The first-order chi connectivity index (χ1) is 11.6. The van der Waals surface area contributed by atoms with E-state index in [1.807, 2.05) is 36.4 Å². The number of benzene rings is 2. The molecule has 0 fully saturated rings. The molecule has 1 aliphatic heterocycles. The van der Waals surface area contributed by atoms with Crippen LogP contribution < -0.4 is 0 Å². The van der Waals surface area contributed by atoms with Crippen LogP contribution >= 0.6 is 0 Å². The van der Waals surface area contributed by atoms with Crippen LogP contribution in [0.1, 0.15) is 22.4 Å². The lowest BCUT2D eigenvalue weighted by Crippen LogP contribution is -1.85. The molecule has 2 heterocycles. The van der Waals surface area contributed by atoms with Crippen molar-refractivity contribution in [3.63, 3.8) is 0 Å². The molecule has 4 nitrogen and oxygen atoms in total. The summed E-state index contributed by atoms with van der Waals surface area (Å²) in [4.78, 5) is 11.8. The highest BCUT2D eigenvalue weighted by molar-refractivity contribution is 6.21. The smallest absolute Gasteiger partial charge is 0.237 e. The molecule has 0 saturated heterocycles. The molecule has 1 aliphatic rings. The van der Waals surface area contributed by atoms with Gasteiger partial charge in [-0.3, -0.25) is 4.99 Å². The monoisotopic (exact) mass is 315 g/mol. The summed E-state index contributed by atoms with van der Waals surface area (Å²) in [6.07, 6.45) is 3.68. The Bertz CT molecular complexity index is 996. The van der Waals surface area contributed by atoms with Crippen LogP contribution in [0.15, 0.2) is 47.5 Å². The first-order valence-corrected chi connectivity index (χ1v) is 7.83. The number of nitrogens with zero attached hydrogens (tertiary/aromatic N) is 2. The SMILES string of the molecule is Cc1ccc(-c2nc(O)c(/C=C3\C=Nc4ccccc43)[nH]2)cc1C. The van der Waals surface area contributed by atoms with Gasteiger partial charge in [0.05, 0.1) is 5.69 Å². The molecule has 118 valence electrons. The molecule has 24 heavy (non-hydrogen) atoms. The normalized spacial score (nSPS) is 14.3. The molecule has 2 N–H and O–H groups in total. The second-order valence-electron chi connectivity index (χ2n) is 6.00. The first kappa shape index (κ1) is 14.5. The molecule has 2 aromatic carbocycles. The van der Waals surface area contributed by atoms with Crippen molar-refractivity contribution >= 4 is 23.6 Å². The minimum Gasteiger partial charge on any atom is -0.492 e. The lowest BCUT2D eigenvalue weighted by Gasteiger charge is -2.02. The van der Waals surface area contributed by atoms with E-state index in [1.54, 1.807) is 6.21 Å². The number of aromatic nitrogens is 2. The van der Waals surface area contributed by atoms with E-state index in [0.29, 0.717) is 11.5 Å². The standard InChI is InChI=1S/C20H17N3O/c1-12-7-8-14(9-13(12)2)19-22-18(20(24)23-19)10-15-11-21-17-6-4-3-5-16(15)17/h3-11,24H,1-2H3,(H,22,23)/b15-10+. The fourth-order valence-corrected chi connectivity index (χ4v) is 2.81. The van der Waals surface area contributed by atoms with Crippen molar-refractivity contribution in [1.82, 2.24) is 9.97 Å². The zero-order chi connectivity index (χ0) is 16.7. The summed E-state index contributed by atoms with van der Waals surface area (Å²) in [6.45, 7) is 4.14. The Morgan fingerprint density at radius 1 is 1.04 bits per heavy atom. The second-order valence-corrected chi connectivity index (χ2v) is 6.00. The lowest BCUT2D eigenvalue weighted by atomic mass is 10.1. The number of nitrogens with one attached hydrogen (secondary N) is 1. The molecular weight excluding hydrogens is 298 g/mol. The maximum Gasteiger partial charge on any atom is 0.237 e. The number of aryl methyl sites for hydroxylation is 2. The molecule has 0 unspecified atom stereocenters. The van der Waals surface area contributed by atoms with E-state index in [1.165, 1.54) is 11.1 Å². The van der Waals surface area contributed by atoms with Gasteiger partial charge in [0.25, 0.3) is 0 Å². The average Bonchev–Trinajstić information content (AvgIpc) is 3.15. The summed E-state index contributed by atoms with van der Waals surface area (Å²) in [7, 11) is 0. The Morgan fingerprint density at radius 3 is 2.71 bits per heavy atom. The van der Waals surface area contributed by atoms with Crippen molar-refractivity contribution in [1.29, 1.82) is 0 Å². The summed E-state index contributed by atoms with van der Waals surface area (Å²) in [5.41, 5.74) is 6.92. The van der Waals surface area contributed by atoms with Gasteiger partial charge in [-0.15, -0.1) is 0 Å². The van der Waals surface area contributed by atoms with E-state index in [-0.39, 0.29) is 5.88 Å². The third-order valence-electron chi connectivity index (χ3n) is 4.35. The Morgan fingerprint density at radius 2 is 1.88 bits per heavy atom. The Hall–Kier alpha value is -3.14. The summed E-state index contributed by atoms with van der Waals surface area (Å²) < 4.78 is 0. The summed E-state index contributed by atoms with van der Waals surface area (Å²) >= 11 is 0. The minimum atomic E-state index is -0.00601. The van der Waals surface area contributed by atoms with E-state index in [0.717, 1.165) is 22.4 Å². The van der Waals surface area contributed by atoms with Crippen LogP contribution in [0.5, 0.6) is 5.88 Å². The first-order valence-electron chi connectivity index (χ1n) is 7.83. The van der Waals surface area contributed by atoms with Gasteiger partial charge < -0.3 is 10.1 Å². The number of hydrogen-bond acceptors (Lipinski definition) is 3. The number of allylic oxidation sites excluding steroid dienone is 1. The Balaban J connectivity index is 1.74. The van der Waals surface area contributed by atoms with E-state index < -0.39 is 0 Å². The minimum absolute atomic E-state index is 0.00601. The van der Waals surface area contributed by atoms with Crippen LogP contribution in [0.3, 0.4) is 0 Å². The van der Waals surface area contributed by atoms with Gasteiger partial charge in [-0.2, -0.15) is 4.98 Å². The van der Waals surface area contributed by atoms with Gasteiger partial charge in [-0.25, -0.2) is 0 Å². The van der Waals surface area contributed by atoms with Crippen molar-refractivity contribution in [3.8, 4) is 17.3 Å². The maximum atomic E-state index is 10.2. The molecule has 0 radical (unpaired) electrons. The van der Waals surface area contributed by atoms with Gasteiger partial charge >= 0.3 is 0 Å². The van der Waals surface area contributed by atoms with E-state index in [4.69, 9.17) is 0 Å². The average molecular weight is 315 g/mol. The molecular formula is C20H17N3O. The molecule has 0 aliphatic carbocycles. The molecule has 0 spiro atoms. The topological polar surface area (TPSA) is 61.3 Å². The lowest BCUT2D eigenvalue weighted by molar-refractivity contribution is 0.455. The molecule has 1 aromatic heterocycles. The quantitative estimate of drug-likeness (QED) is 0.722.